The smallest absolute Gasteiger partial charge is 0.257 e. The lowest BCUT2D eigenvalue weighted by molar-refractivity contribution is -0.858. The lowest BCUT2D eigenvalue weighted by atomic mass is 9.87. The van der Waals surface area contributed by atoms with Crippen molar-refractivity contribution in [3.63, 3.8) is 0 Å². The van der Waals surface area contributed by atoms with Crippen LogP contribution in [0.3, 0.4) is 0 Å². The minimum absolute atomic E-state index is 0.0373. The van der Waals surface area contributed by atoms with Crippen molar-refractivity contribution in [2.24, 2.45) is 0 Å². The number of nitrogens with one attached hydrogen (secondary N) is 3. The molecule has 0 atom stereocenters. The Morgan fingerprint density at radius 1 is 0.938 bits per heavy atom. The summed E-state index contributed by atoms with van der Waals surface area (Å²) < 4.78 is 0. The van der Waals surface area contributed by atoms with Crippen LogP contribution in [0.1, 0.15) is 61.5 Å². The Labute approximate surface area is 197 Å². The zero-order valence-electron chi connectivity index (χ0n) is 19.9. The monoisotopic (exact) mass is 454 g/mol. The molecule has 2 aromatic carbocycles. The fourth-order valence-electron chi connectivity index (χ4n) is 3.28. The van der Waals surface area contributed by atoms with Crippen LogP contribution in [0.2, 0.25) is 0 Å². The third-order valence-electron chi connectivity index (χ3n) is 5.24. The number of quaternary nitrogens is 1. The predicted molar refractivity (Wildman–Crippen MR) is 136 cm³/mol. The quantitative estimate of drug-likeness (QED) is 0.401. The molecule has 1 amide bonds. The van der Waals surface area contributed by atoms with Crippen molar-refractivity contribution >= 4 is 34.7 Å². The van der Waals surface area contributed by atoms with Gasteiger partial charge in [-0.05, 0) is 65.9 Å². The lowest BCUT2D eigenvalue weighted by Gasteiger charge is -2.19. The summed E-state index contributed by atoms with van der Waals surface area (Å²) >= 11 is 5.28. The van der Waals surface area contributed by atoms with Crippen LogP contribution in [0, 0.1) is 0 Å². The largest absolute Gasteiger partial charge is 0.340 e. The molecular weight excluding hydrogens is 418 g/mol. The first-order chi connectivity index (χ1) is 15.0. The summed E-state index contributed by atoms with van der Waals surface area (Å²) in [7, 11) is 4.25. The Kier molecular flexibility index (Phi) is 9.54. The number of carbonyl (C=O) groups is 2. The Bertz CT molecular complexity index is 914. The molecule has 0 aliphatic heterocycles. The van der Waals surface area contributed by atoms with Gasteiger partial charge < -0.3 is 10.2 Å². The van der Waals surface area contributed by atoms with Gasteiger partial charge >= 0.3 is 0 Å². The highest BCUT2D eigenvalue weighted by Gasteiger charge is 2.15. The summed E-state index contributed by atoms with van der Waals surface area (Å²) in [4.78, 5) is 26.0. The van der Waals surface area contributed by atoms with E-state index in [1.807, 2.05) is 48.5 Å². The SMILES string of the molecule is C[NH+](C)CCCCC(=O)Cc1ccc(NC(=S)NC(=O)c2ccc(C(C)(C)C)cc2)cc1. The van der Waals surface area contributed by atoms with Crippen molar-refractivity contribution in [1.82, 2.24) is 5.32 Å². The average molecular weight is 455 g/mol. The van der Waals surface area contributed by atoms with Crippen molar-refractivity contribution in [2.75, 3.05) is 26.0 Å². The maximum absolute atomic E-state index is 12.4. The number of anilines is 1. The fourth-order valence-corrected chi connectivity index (χ4v) is 3.49. The molecule has 0 saturated heterocycles. The molecule has 0 saturated carbocycles. The molecule has 172 valence electrons. The van der Waals surface area contributed by atoms with Gasteiger partial charge in [-0.1, -0.05) is 45.0 Å². The molecule has 0 heterocycles. The third-order valence-corrected chi connectivity index (χ3v) is 5.44. The van der Waals surface area contributed by atoms with E-state index >= 15 is 0 Å². The number of rotatable bonds is 9. The summed E-state index contributed by atoms with van der Waals surface area (Å²) in [6.45, 7) is 7.49. The molecule has 0 aliphatic rings. The number of thiocarbonyl (C=S) groups is 1. The third kappa shape index (κ3) is 8.89. The zero-order chi connectivity index (χ0) is 23.7. The number of hydrogen-bond acceptors (Lipinski definition) is 3. The predicted octanol–water partition coefficient (Wildman–Crippen LogP) is 3.54. The van der Waals surface area contributed by atoms with Crippen LogP contribution in [-0.2, 0) is 16.6 Å². The number of benzene rings is 2. The van der Waals surface area contributed by atoms with Gasteiger partial charge in [-0.2, -0.15) is 0 Å². The van der Waals surface area contributed by atoms with E-state index in [9.17, 15) is 9.59 Å². The Hall–Kier alpha value is -2.57. The van der Waals surface area contributed by atoms with E-state index < -0.39 is 0 Å². The van der Waals surface area contributed by atoms with Gasteiger partial charge in [0.05, 0.1) is 20.6 Å². The second-order valence-corrected chi connectivity index (χ2v) is 9.97. The van der Waals surface area contributed by atoms with Crippen LogP contribution in [-0.4, -0.2) is 37.4 Å². The van der Waals surface area contributed by atoms with Gasteiger partial charge in [0.25, 0.3) is 5.91 Å². The van der Waals surface area contributed by atoms with Crippen molar-refractivity contribution in [2.45, 2.75) is 51.9 Å². The van der Waals surface area contributed by atoms with E-state index in [2.05, 4.69) is 45.5 Å². The van der Waals surface area contributed by atoms with Crippen LogP contribution in [0.15, 0.2) is 48.5 Å². The van der Waals surface area contributed by atoms with Gasteiger partial charge in [-0.15, -0.1) is 0 Å². The molecule has 6 heteroatoms. The van der Waals surface area contributed by atoms with Crippen LogP contribution >= 0.6 is 12.2 Å². The van der Waals surface area contributed by atoms with E-state index in [-0.39, 0.29) is 22.2 Å². The Balaban J connectivity index is 1.81. The van der Waals surface area contributed by atoms with Crippen LogP contribution < -0.4 is 15.5 Å². The molecule has 0 radical (unpaired) electrons. The first-order valence-corrected chi connectivity index (χ1v) is 11.6. The van der Waals surface area contributed by atoms with E-state index in [0.717, 1.165) is 30.6 Å². The summed E-state index contributed by atoms with van der Waals surface area (Å²) in [5.41, 5.74) is 3.51. The highest BCUT2D eigenvalue weighted by Crippen LogP contribution is 2.22. The Morgan fingerprint density at radius 2 is 1.56 bits per heavy atom. The van der Waals surface area contributed by atoms with Gasteiger partial charge in [0.2, 0.25) is 0 Å². The molecule has 32 heavy (non-hydrogen) atoms. The molecule has 2 aromatic rings. The molecule has 5 nitrogen and oxygen atoms in total. The number of hydrogen-bond donors (Lipinski definition) is 3. The van der Waals surface area contributed by atoms with Gasteiger partial charge in [0, 0.05) is 24.1 Å². The Morgan fingerprint density at radius 3 is 2.12 bits per heavy atom. The molecular formula is C26H36N3O2S+. The van der Waals surface area contributed by atoms with Crippen LogP contribution in [0.25, 0.3) is 0 Å². The van der Waals surface area contributed by atoms with Gasteiger partial charge in [-0.25, -0.2) is 0 Å². The zero-order valence-corrected chi connectivity index (χ0v) is 20.7. The average Bonchev–Trinajstić information content (AvgIpc) is 2.72. The minimum atomic E-state index is -0.249. The summed E-state index contributed by atoms with van der Waals surface area (Å²) in [5.74, 6) is 0.0146. The van der Waals surface area contributed by atoms with Gasteiger partial charge in [0.1, 0.15) is 5.78 Å². The first kappa shape index (κ1) is 25.7. The van der Waals surface area contributed by atoms with Crippen molar-refractivity contribution in [1.29, 1.82) is 0 Å². The topological polar surface area (TPSA) is 62.6 Å². The van der Waals surface area contributed by atoms with Gasteiger partial charge in [-0.3, -0.25) is 14.9 Å². The molecule has 3 N–H and O–H groups in total. The van der Waals surface area contributed by atoms with E-state index in [1.54, 1.807) is 0 Å². The lowest BCUT2D eigenvalue weighted by Crippen LogP contribution is -3.05. The molecule has 0 spiro atoms. The standard InChI is InChI=1S/C26H35N3O2S/c1-26(2,3)21-13-11-20(12-14-21)24(31)28-25(32)27-22-15-9-19(10-16-22)18-23(30)8-6-7-17-29(4)5/h9-16H,6-8,17-18H2,1-5H3,(H2,27,28,31,32)/p+1. The van der Waals surface area contributed by atoms with Crippen molar-refractivity contribution in [3.05, 3.63) is 65.2 Å². The maximum atomic E-state index is 12.4. The van der Waals surface area contributed by atoms with Crippen LogP contribution in [0.5, 0.6) is 0 Å². The van der Waals surface area contributed by atoms with E-state index in [0.29, 0.717) is 18.4 Å². The van der Waals surface area contributed by atoms with E-state index in [4.69, 9.17) is 12.2 Å². The second-order valence-electron chi connectivity index (χ2n) is 9.56. The number of Topliss-reactive ketones (excluding diaryl/α,β-unsaturated/α-hetero) is 1. The number of unbranched alkanes of at least 4 members (excludes halogenated alkanes) is 1. The molecule has 0 aliphatic carbocycles. The summed E-state index contributed by atoms with van der Waals surface area (Å²) in [6, 6.07) is 15.1. The molecule has 2 rings (SSSR count). The highest BCUT2D eigenvalue weighted by molar-refractivity contribution is 7.80. The summed E-state index contributed by atoms with van der Waals surface area (Å²) in [6.07, 6.45) is 3.08. The number of ketones is 1. The normalized spacial score (nSPS) is 11.3. The number of amides is 1. The van der Waals surface area contributed by atoms with Gasteiger partial charge in [0.15, 0.2) is 5.11 Å². The van der Waals surface area contributed by atoms with Crippen molar-refractivity contribution < 1.29 is 14.5 Å². The minimum Gasteiger partial charge on any atom is -0.340 e. The van der Waals surface area contributed by atoms with Crippen LogP contribution in [0.4, 0.5) is 5.69 Å². The maximum Gasteiger partial charge on any atom is 0.257 e. The summed E-state index contributed by atoms with van der Waals surface area (Å²) in [5, 5.41) is 5.97. The molecule has 0 bridgehead atoms. The fraction of sp³-hybridized carbons (Fsp3) is 0.423. The van der Waals surface area contributed by atoms with Crippen molar-refractivity contribution in [3.8, 4) is 0 Å². The number of carbonyl (C=O) groups excluding carboxylic acids is 2. The molecule has 0 unspecified atom stereocenters. The second kappa shape index (κ2) is 11.9. The molecule has 0 fully saturated rings. The molecule has 0 aromatic heterocycles. The van der Waals surface area contributed by atoms with E-state index in [1.165, 1.54) is 10.5 Å². The highest BCUT2D eigenvalue weighted by atomic mass is 32.1. The first-order valence-electron chi connectivity index (χ1n) is 11.2.